The Morgan fingerprint density at radius 3 is 2.43 bits per heavy atom. The number of carbonyl (C=O) groups is 2. The Morgan fingerprint density at radius 1 is 1.05 bits per heavy atom. The average Bonchev–Trinajstić information content (AvgIpc) is 3.32. The Balaban J connectivity index is 1.30. The van der Waals surface area contributed by atoms with Gasteiger partial charge in [-0.05, 0) is 70.8 Å². The van der Waals surface area contributed by atoms with Crippen molar-refractivity contribution < 1.29 is 14.3 Å². The fraction of sp³-hybridized carbons (Fsp3) is 0.143. The van der Waals surface area contributed by atoms with Gasteiger partial charge in [0.15, 0.2) is 5.84 Å². The van der Waals surface area contributed by atoms with Crippen molar-refractivity contribution in [1.82, 2.24) is 9.99 Å². The van der Waals surface area contributed by atoms with Crippen molar-refractivity contribution in [2.75, 3.05) is 0 Å². The Labute approximate surface area is 218 Å². The summed E-state index contributed by atoms with van der Waals surface area (Å²) in [4.78, 5) is 33.4. The highest BCUT2D eigenvalue weighted by Gasteiger charge is 2.36. The molecule has 2 aliphatic heterocycles. The molecule has 0 unspecified atom stereocenters. The Morgan fingerprint density at radius 2 is 1.78 bits per heavy atom. The summed E-state index contributed by atoms with van der Waals surface area (Å²) in [5.41, 5.74) is 3.15. The number of amidine groups is 2. The first-order valence-corrected chi connectivity index (χ1v) is 12.3. The van der Waals surface area contributed by atoms with Gasteiger partial charge in [-0.3, -0.25) is 15.2 Å². The molecule has 0 radical (unpaired) electrons. The monoisotopic (exact) mass is 509 g/mol. The number of aromatic nitrogens is 1. The van der Waals surface area contributed by atoms with Crippen LogP contribution in [-0.4, -0.2) is 37.9 Å². The van der Waals surface area contributed by atoms with E-state index in [9.17, 15) is 9.59 Å². The predicted molar refractivity (Wildman–Crippen MR) is 145 cm³/mol. The van der Waals surface area contributed by atoms with Crippen LogP contribution < -0.4 is 4.74 Å². The van der Waals surface area contributed by atoms with Gasteiger partial charge < -0.3 is 4.74 Å². The second kappa shape index (κ2) is 9.59. The van der Waals surface area contributed by atoms with E-state index in [1.807, 2.05) is 18.2 Å². The van der Waals surface area contributed by atoms with Crippen molar-refractivity contribution in [3.8, 4) is 5.75 Å². The molecule has 3 heterocycles. The van der Waals surface area contributed by atoms with Crippen molar-refractivity contribution >= 4 is 45.8 Å². The van der Waals surface area contributed by atoms with Crippen molar-refractivity contribution in [1.29, 1.82) is 5.41 Å². The van der Waals surface area contributed by atoms with Crippen LogP contribution in [0.15, 0.2) is 88.7 Å². The molecule has 8 nitrogen and oxygen atoms in total. The zero-order valence-electron chi connectivity index (χ0n) is 20.4. The summed E-state index contributed by atoms with van der Waals surface area (Å²) >= 11 is 1.22. The van der Waals surface area contributed by atoms with Gasteiger partial charge in [0.25, 0.3) is 5.91 Å². The van der Waals surface area contributed by atoms with Crippen molar-refractivity contribution in [3.05, 3.63) is 101 Å². The molecule has 1 N–H and O–H groups in total. The van der Waals surface area contributed by atoms with Gasteiger partial charge in [-0.25, -0.2) is 4.79 Å². The number of benzene rings is 2. The number of aliphatic imine (C=N–C) groups is 1. The minimum absolute atomic E-state index is 0.00264. The molecular weight excluding hydrogens is 486 g/mol. The van der Waals surface area contributed by atoms with Crippen LogP contribution in [-0.2, 0) is 10.2 Å². The third kappa shape index (κ3) is 5.12. The average molecular weight is 510 g/mol. The maximum atomic E-state index is 12.7. The first-order chi connectivity index (χ1) is 17.7. The third-order valence-corrected chi connectivity index (χ3v) is 6.71. The number of ether oxygens (including phenoxy) is 1. The maximum Gasteiger partial charge on any atom is 0.343 e. The summed E-state index contributed by atoms with van der Waals surface area (Å²) < 4.78 is 5.50. The number of hydrogen-bond acceptors (Lipinski definition) is 7. The Bertz CT molecular complexity index is 1490. The topological polar surface area (TPSA) is 108 Å². The highest BCUT2D eigenvalue weighted by Crippen LogP contribution is 2.31. The highest BCUT2D eigenvalue weighted by molar-refractivity contribution is 8.27. The zero-order valence-corrected chi connectivity index (χ0v) is 21.2. The molecule has 0 saturated heterocycles. The van der Waals surface area contributed by atoms with E-state index < -0.39 is 11.9 Å². The van der Waals surface area contributed by atoms with Crippen molar-refractivity contribution in [2.24, 2.45) is 10.1 Å². The first-order valence-electron chi connectivity index (χ1n) is 11.5. The van der Waals surface area contributed by atoms with Gasteiger partial charge in [0, 0.05) is 18.0 Å². The smallest absolute Gasteiger partial charge is 0.343 e. The van der Waals surface area contributed by atoms with Crippen LogP contribution in [0.5, 0.6) is 5.75 Å². The number of rotatable bonds is 4. The second-order valence-electron chi connectivity index (χ2n) is 9.45. The number of hydrazone groups is 1. The molecule has 9 heteroatoms. The summed E-state index contributed by atoms with van der Waals surface area (Å²) in [5.74, 6) is -0.651. The molecular formula is C28H23N5O3S. The molecule has 0 saturated carbocycles. The summed E-state index contributed by atoms with van der Waals surface area (Å²) in [7, 11) is 0. The van der Waals surface area contributed by atoms with Gasteiger partial charge in [0.2, 0.25) is 5.17 Å². The van der Waals surface area contributed by atoms with Crippen LogP contribution >= 0.6 is 11.8 Å². The summed E-state index contributed by atoms with van der Waals surface area (Å²) in [6.07, 6.45) is 4.91. The van der Waals surface area contributed by atoms with E-state index in [1.165, 1.54) is 16.8 Å². The quantitative estimate of drug-likeness (QED) is 0.292. The molecule has 0 aliphatic carbocycles. The van der Waals surface area contributed by atoms with E-state index in [4.69, 9.17) is 10.1 Å². The number of pyridine rings is 1. The molecule has 0 spiro atoms. The van der Waals surface area contributed by atoms with Gasteiger partial charge in [0.05, 0.1) is 11.1 Å². The highest BCUT2D eigenvalue weighted by atomic mass is 32.2. The third-order valence-electron chi connectivity index (χ3n) is 5.75. The summed E-state index contributed by atoms with van der Waals surface area (Å²) in [6.45, 7) is 6.34. The number of thioether (sulfide) groups is 1. The minimum atomic E-state index is -0.513. The number of fused-ring (bicyclic) bond motifs is 1. The van der Waals surface area contributed by atoms with Crippen LogP contribution in [0.2, 0.25) is 0 Å². The number of esters is 1. The zero-order chi connectivity index (χ0) is 26.2. The lowest BCUT2D eigenvalue weighted by Crippen LogP contribution is -2.35. The van der Waals surface area contributed by atoms with E-state index in [-0.39, 0.29) is 16.8 Å². The molecule has 1 aromatic heterocycles. The van der Waals surface area contributed by atoms with Crippen LogP contribution in [0.25, 0.3) is 6.08 Å². The normalized spacial score (nSPS) is 16.4. The van der Waals surface area contributed by atoms with E-state index in [0.29, 0.717) is 27.1 Å². The molecule has 0 bridgehead atoms. The fourth-order valence-corrected chi connectivity index (χ4v) is 4.55. The van der Waals surface area contributed by atoms with Gasteiger partial charge >= 0.3 is 5.97 Å². The number of hydrogen-bond donors (Lipinski definition) is 1. The van der Waals surface area contributed by atoms with Gasteiger partial charge in [-0.1, -0.05) is 45.0 Å². The second-order valence-corrected chi connectivity index (χ2v) is 10.4. The van der Waals surface area contributed by atoms with Crippen LogP contribution in [0.4, 0.5) is 0 Å². The molecule has 5 rings (SSSR count). The summed E-state index contributed by atoms with van der Waals surface area (Å²) in [5, 5.41) is 15.3. The van der Waals surface area contributed by atoms with E-state index in [2.05, 4.69) is 35.8 Å². The Kier molecular flexibility index (Phi) is 6.31. The molecule has 1 amide bonds. The van der Waals surface area contributed by atoms with Crippen LogP contribution in [0.1, 0.15) is 47.8 Å². The lowest BCUT2D eigenvalue weighted by Gasteiger charge is -2.20. The van der Waals surface area contributed by atoms with E-state index in [1.54, 1.807) is 60.9 Å². The van der Waals surface area contributed by atoms with Crippen molar-refractivity contribution in [3.63, 3.8) is 0 Å². The molecule has 0 fully saturated rings. The Hall–Kier alpha value is -4.37. The van der Waals surface area contributed by atoms with Crippen LogP contribution in [0.3, 0.4) is 0 Å². The van der Waals surface area contributed by atoms with E-state index in [0.717, 1.165) is 11.1 Å². The molecule has 0 atom stereocenters. The molecule has 2 aromatic carbocycles. The van der Waals surface area contributed by atoms with Gasteiger partial charge in [-0.15, -0.1) is 0 Å². The minimum Gasteiger partial charge on any atom is -0.423 e. The predicted octanol–water partition coefficient (Wildman–Crippen LogP) is 5.27. The molecule has 184 valence electrons. The largest absolute Gasteiger partial charge is 0.423 e. The number of carbonyl (C=O) groups excluding carboxylic acids is 2. The molecule has 3 aromatic rings. The number of nitrogens with one attached hydrogen (secondary N) is 1. The summed E-state index contributed by atoms with van der Waals surface area (Å²) in [6, 6.07) is 17.7. The lowest BCUT2D eigenvalue weighted by molar-refractivity contribution is -0.114. The van der Waals surface area contributed by atoms with Gasteiger partial charge in [-0.2, -0.15) is 15.1 Å². The fourth-order valence-electron chi connectivity index (χ4n) is 3.67. The SMILES string of the molecule is CC(C)(C)c1ccc(C(=O)Oc2ccc(C=C3C(=N)N4N=C(c5cccnc5)SC4=NC3=O)cc2)cc1. The van der Waals surface area contributed by atoms with Crippen LogP contribution in [0, 0.1) is 5.41 Å². The maximum absolute atomic E-state index is 12.7. The molecule has 2 aliphatic rings. The number of nitrogens with zero attached hydrogens (tertiary/aromatic N) is 4. The standard InChI is InChI=1S/C28H23N5O3S/c1-28(2,3)20-10-8-18(9-11-20)26(35)36-21-12-6-17(7-13-21)15-22-23(29)33-27(31-24(22)34)37-25(32-33)19-5-4-14-30-16-19/h4-16,29H,1-3H3. The lowest BCUT2D eigenvalue weighted by atomic mass is 9.87. The first kappa shape index (κ1) is 24.3. The number of amides is 1. The van der Waals surface area contributed by atoms with E-state index >= 15 is 0 Å². The molecule has 37 heavy (non-hydrogen) atoms. The van der Waals surface area contributed by atoms with Gasteiger partial charge in [0.1, 0.15) is 10.8 Å². The van der Waals surface area contributed by atoms with Crippen molar-refractivity contribution in [2.45, 2.75) is 26.2 Å².